The molecule has 0 fully saturated rings. The minimum absolute atomic E-state index is 0.0203. The van der Waals surface area contributed by atoms with Crippen molar-refractivity contribution in [1.29, 1.82) is 0 Å². The summed E-state index contributed by atoms with van der Waals surface area (Å²) >= 11 is 0. The second-order valence-electron chi connectivity index (χ2n) is 6.01. The van der Waals surface area contributed by atoms with E-state index in [9.17, 15) is 9.90 Å². The number of allylic oxidation sites excluding steroid dienone is 6. The molecule has 1 N–H and O–H groups in total. The van der Waals surface area contributed by atoms with Gasteiger partial charge in [-0.3, -0.25) is 4.79 Å². The molecule has 2 heteroatoms. The van der Waals surface area contributed by atoms with Gasteiger partial charge in [-0.1, -0.05) is 72.8 Å². The van der Waals surface area contributed by atoms with Gasteiger partial charge < -0.3 is 5.11 Å². The van der Waals surface area contributed by atoms with Crippen LogP contribution in [0.25, 0.3) is 16.7 Å². The van der Waals surface area contributed by atoms with Gasteiger partial charge in [-0.2, -0.15) is 0 Å². The maximum Gasteiger partial charge on any atom is 0.307 e. The number of hydrogen-bond acceptors (Lipinski definition) is 1. The Labute approximate surface area is 146 Å². The first kappa shape index (κ1) is 15.2. The standard InChI is InChI=1S/C23H16O2/c24-23(25)15-17-9-3-1-2-8-16(17)14-22-20-12-6-4-10-18(20)19-11-5-7-13-21(19)22/h1-13H,15H2,(H,24,25). The Morgan fingerprint density at radius 1 is 0.840 bits per heavy atom. The number of carbonyl (C=O) groups is 1. The Morgan fingerprint density at radius 3 is 2.04 bits per heavy atom. The average Bonchev–Trinajstić information content (AvgIpc) is 2.76. The van der Waals surface area contributed by atoms with Gasteiger partial charge in [-0.05, 0) is 33.9 Å². The highest BCUT2D eigenvalue weighted by molar-refractivity contribution is 6.01. The lowest BCUT2D eigenvalue weighted by molar-refractivity contribution is -0.136. The van der Waals surface area contributed by atoms with E-state index in [0.717, 1.165) is 27.8 Å². The third-order valence-electron chi connectivity index (χ3n) is 4.41. The van der Waals surface area contributed by atoms with E-state index in [-0.39, 0.29) is 6.42 Å². The van der Waals surface area contributed by atoms with Gasteiger partial charge in [0.25, 0.3) is 0 Å². The van der Waals surface area contributed by atoms with Crippen molar-refractivity contribution in [3.8, 4) is 11.1 Å². The lowest BCUT2D eigenvalue weighted by Gasteiger charge is -2.04. The number of benzene rings is 2. The van der Waals surface area contributed by atoms with Crippen LogP contribution in [0.2, 0.25) is 0 Å². The molecule has 0 spiro atoms. The highest BCUT2D eigenvalue weighted by Gasteiger charge is 2.22. The topological polar surface area (TPSA) is 37.3 Å². The van der Waals surface area contributed by atoms with Crippen molar-refractivity contribution >= 4 is 11.5 Å². The molecule has 0 heterocycles. The van der Waals surface area contributed by atoms with E-state index in [2.05, 4.69) is 30.0 Å². The van der Waals surface area contributed by atoms with Gasteiger partial charge >= 0.3 is 5.97 Å². The molecule has 2 aliphatic carbocycles. The molecule has 2 aromatic carbocycles. The van der Waals surface area contributed by atoms with E-state index >= 15 is 0 Å². The summed E-state index contributed by atoms with van der Waals surface area (Å²) in [6, 6.07) is 16.5. The summed E-state index contributed by atoms with van der Waals surface area (Å²) in [6.07, 6.45) is 9.44. The molecule has 4 rings (SSSR count). The Hall–Kier alpha value is -3.35. The smallest absolute Gasteiger partial charge is 0.307 e. The summed E-state index contributed by atoms with van der Waals surface area (Å²) in [7, 11) is 0. The number of carboxylic acid groups (broad SMARTS) is 1. The Morgan fingerprint density at radius 2 is 1.44 bits per heavy atom. The Kier molecular flexibility index (Phi) is 3.81. The van der Waals surface area contributed by atoms with E-state index in [1.54, 1.807) is 0 Å². The number of hydrogen-bond donors (Lipinski definition) is 1. The fourth-order valence-electron chi connectivity index (χ4n) is 3.31. The SMILES string of the molecule is O=C(O)CC1=CC=CC=CC1=C=C1c2ccccc2-c2ccccc21. The van der Waals surface area contributed by atoms with Crippen LogP contribution < -0.4 is 0 Å². The first-order valence-corrected chi connectivity index (χ1v) is 8.20. The van der Waals surface area contributed by atoms with Gasteiger partial charge in [0, 0.05) is 11.1 Å². The third-order valence-corrected chi connectivity index (χ3v) is 4.41. The molecule has 0 amide bonds. The van der Waals surface area contributed by atoms with Gasteiger partial charge in [0.15, 0.2) is 0 Å². The molecule has 25 heavy (non-hydrogen) atoms. The number of rotatable bonds is 2. The van der Waals surface area contributed by atoms with Crippen LogP contribution in [-0.4, -0.2) is 11.1 Å². The molecule has 120 valence electrons. The predicted octanol–water partition coefficient (Wildman–Crippen LogP) is 5.15. The van der Waals surface area contributed by atoms with Crippen LogP contribution in [0.3, 0.4) is 0 Å². The van der Waals surface area contributed by atoms with Crippen molar-refractivity contribution in [2.45, 2.75) is 6.42 Å². The summed E-state index contributed by atoms with van der Waals surface area (Å²) in [5.74, 6) is -0.841. The number of carboxylic acids is 1. The van der Waals surface area contributed by atoms with Gasteiger partial charge in [0.05, 0.1) is 6.42 Å². The second-order valence-corrected chi connectivity index (χ2v) is 6.01. The van der Waals surface area contributed by atoms with E-state index in [1.807, 2.05) is 54.6 Å². The molecule has 0 bridgehead atoms. The molecule has 0 aliphatic heterocycles. The Bertz CT molecular complexity index is 978. The molecule has 2 aromatic rings. The van der Waals surface area contributed by atoms with Gasteiger partial charge in [0.2, 0.25) is 0 Å². The fourth-order valence-corrected chi connectivity index (χ4v) is 3.31. The first-order chi connectivity index (χ1) is 12.2. The van der Waals surface area contributed by atoms with E-state index in [1.165, 1.54) is 11.1 Å². The summed E-state index contributed by atoms with van der Waals surface area (Å²) in [4.78, 5) is 11.2. The zero-order valence-electron chi connectivity index (χ0n) is 13.6. The number of aliphatic carboxylic acids is 1. The van der Waals surface area contributed by atoms with Gasteiger partial charge in [-0.15, -0.1) is 5.73 Å². The molecule has 0 atom stereocenters. The quantitative estimate of drug-likeness (QED) is 0.662. The number of fused-ring (bicyclic) bond motifs is 3. The van der Waals surface area contributed by atoms with Crippen LogP contribution in [0.1, 0.15) is 17.5 Å². The zero-order chi connectivity index (χ0) is 17.2. The normalized spacial score (nSPS) is 14.5. The highest BCUT2D eigenvalue weighted by atomic mass is 16.4. The fraction of sp³-hybridized carbons (Fsp3) is 0.0435. The minimum atomic E-state index is -0.841. The zero-order valence-corrected chi connectivity index (χ0v) is 13.6. The molecule has 2 nitrogen and oxygen atoms in total. The van der Waals surface area contributed by atoms with Crippen molar-refractivity contribution in [2.24, 2.45) is 0 Å². The largest absolute Gasteiger partial charge is 0.481 e. The van der Waals surface area contributed by atoms with E-state index in [0.29, 0.717) is 0 Å². The molecule has 0 unspecified atom stereocenters. The molecular weight excluding hydrogens is 308 g/mol. The lowest BCUT2D eigenvalue weighted by atomic mass is 9.99. The predicted molar refractivity (Wildman–Crippen MR) is 100 cm³/mol. The average molecular weight is 324 g/mol. The molecule has 2 aliphatic rings. The molecule has 0 aromatic heterocycles. The van der Waals surface area contributed by atoms with Crippen LogP contribution in [0.5, 0.6) is 0 Å². The van der Waals surface area contributed by atoms with Crippen molar-refractivity contribution < 1.29 is 9.90 Å². The van der Waals surface area contributed by atoms with E-state index in [4.69, 9.17) is 0 Å². The van der Waals surface area contributed by atoms with E-state index < -0.39 is 5.97 Å². The summed E-state index contributed by atoms with van der Waals surface area (Å²) < 4.78 is 0. The third kappa shape index (κ3) is 2.80. The minimum Gasteiger partial charge on any atom is -0.481 e. The molecule has 0 saturated heterocycles. The summed E-state index contributed by atoms with van der Waals surface area (Å²) in [5.41, 5.74) is 10.7. The maximum atomic E-state index is 11.2. The van der Waals surface area contributed by atoms with Crippen molar-refractivity contribution in [2.75, 3.05) is 0 Å². The van der Waals surface area contributed by atoms with Gasteiger partial charge in [-0.25, -0.2) is 0 Å². The Balaban J connectivity index is 1.99. The van der Waals surface area contributed by atoms with Gasteiger partial charge in [0.1, 0.15) is 0 Å². The van der Waals surface area contributed by atoms with Crippen LogP contribution in [-0.2, 0) is 4.79 Å². The first-order valence-electron chi connectivity index (χ1n) is 8.20. The monoisotopic (exact) mass is 324 g/mol. The summed E-state index contributed by atoms with van der Waals surface area (Å²) in [5, 5.41) is 9.21. The summed E-state index contributed by atoms with van der Waals surface area (Å²) in [6.45, 7) is 0. The molecule has 0 radical (unpaired) electrons. The van der Waals surface area contributed by atoms with Crippen molar-refractivity contribution in [1.82, 2.24) is 0 Å². The lowest BCUT2D eigenvalue weighted by Crippen LogP contribution is -1.98. The van der Waals surface area contributed by atoms with Crippen LogP contribution in [0, 0.1) is 0 Å². The molecule has 0 saturated carbocycles. The highest BCUT2D eigenvalue weighted by Crippen LogP contribution is 2.43. The maximum absolute atomic E-state index is 11.2. The van der Waals surface area contributed by atoms with Crippen molar-refractivity contribution in [3.05, 3.63) is 107 Å². The van der Waals surface area contributed by atoms with Crippen molar-refractivity contribution in [3.63, 3.8) is 0 Å². The van der Waals surface area contributed by atoms with Crippen LogP contribution >= 0.6 is 0 Å². The molecular formula is C23H16O2. The van der Waals surface area contributed by atoms with Crippen LogP contribution in [0.4, 0.5) is 0 Å². The second kappa shape index (κ2) is 6.27. The van der Waals surface area contributed by atoms with Crippen LogP contribution in [0.15, 0.2) is 95.8 Å².